The van der Waals surface area contributed by atoms with Gasteiger partial charge in [-0.2, -0.15) is 9.98 Å². The molecule has 0 spiro atoms. The van der Waals surface area contributed by atoms with E-state index in [9.17, 15) is 38.4 Å². The van der Waals surface area contributed by atoms with Gasteiger partial charge in [-0.25, -0.2) is 38.8 Å². The second kappa shape index (κ2) is 30.2. The molecule has 0 bridgehead atoms. The largest absolute Gasteiger partial charge is 0.465 e. The minimum absolute atomic E-state index is 0.0244. The van der Waals surface area contributed by atoms with E-state index in [1.165, 1.54) is 24.3 Å². The van der Waals surface area contributed by atoms with Crippen LogP contribution >= 0.6 is 23.5 Å². The zero-order chi connectivity index (χ0) is 36.6. The average molecular weight is 729 g/mol. The van der Waals surface area contributed by atoms with Crippen molar-refractivity contribution in [1.29, 1.82) is 0 Å². The molecule has 2 atom stereocenters. The highest BCUT2D eigenvalue weighted by Crippen LogP contribution is 2.36. The Morgan fingerprint density at radius 1 is 0.571 bits per heavy atom. The van der Waals surface area contributed by atoms with Crippen LogP contribution in [0.1, 0.15) is 78.1 Å². The van der Waals surface area contributed by atoms with Crippen LogP contribution in [0.25, 0.3) is 0 Å². The van der Waals surface area contributed by atoms with Crippen molar-refractivity contribution < 1.29 is 57.3 Å². The molecule has 2 unspecified atom stereocenters. The minimum atomic E-state index is -0.993. The van der Waals surface area contributed by atoms with E-state index in [2.05, 4.69) is 20.0 Å². The molecule has 0 rings (SSSR count). The van der Waals surface area contributed by atoms with Crippen LogP contribution < -0.4 is 0 Å². The summed E-state index contributed by atoms with van der Waals surface area (Å²) in [6.07, 6.45) is 9.70. The molecule has 0 N–H and O–H groups in total. The third kappa shape index (κ3) is 26.7. The van der Waals surface area contributed by atoms with Gasteiger partial charge in [0.05, 0.1) is 17.2 Å². The Labute approximate surface area is 293 Å². The fraction of sp³-hybridized carbons (Fsp3) is 0.742. The molecule has 18 heteroatoms. The summed E-state index contributed by atoms with van der Waals surface area (Å²) in [5.74, 6) is -0.890. The van der Waals surface area contributed by atoms with Crippen molar-refractivity contribution in [3.8, 4) is 0 Å². The van der Waals surface area contributed by atoms with Gasteiger partial charge < -0.3 is 18.9 Å². The number of rotatable bonds is 30. The minimum Gasteiger partial charge on any atom is -0.465 e. The van der Waals surface area contributed by atoms with Crippen LogP contribution in [0.15, 0.2) is 20.0 Å². The topological polar surface area (TPSA) is 223 Å². The number of ether oxygens (including phenoxy) is 4. The lowest BCUT2D eigenvalue weighted by molar-refractivity contribution is -0.145. The Bertz CT molecular complexity index is 1120. The predicted octanol–water partition coefficient (Wildman–Crippen LogP) is 3.34. The van der Waals surface area contributed by atoms with Gasteiger partial charge in [-0.1, -0.05) is 25.7 Å². The van der Waals surface area contributed by atoms with Gasteiger partial charge >= 0.3 is 23.9 Å². The standard InChI is InChI=1S/C31H44N4O12S2/c1-31(2,48-19-17-44-27(40)11-7-3-5-9-25(34-23-38)29(42)46-15-13-32-21-36)49-20-18-45-28(41)12-8-4-6-10-26(35-24-39)30(43)47-16-14-33-22-37/h25-26H,3-20H2,1-2H3. The lowest BCUT2D eigenvalue weighted by atomic mass is 10.1. The summed E-state index contributed by atoms with van der Waals surface area (Å²) in [6.45, 7) is 4.27. The maximum Gasteiger partial charge on any atom is 0.331 e. The van der Waals surface area contributed by atoms with Crippen LogP contribution in [0.5, 0.6) is 0 Å². The van der Waals surface area contributed by atoms with Gasteiger partial charge in [-0.3, -0.25) is 9.59 Å². The lowest BCUT2D eigenvalue weighted by Crippen LogP contribution is -2.22. The molecule has 0 aromatic heterocycles. The first kappa shape index (κ1) is 45.1. The Morgan fingerprint density at radius 3 is 1.35 bits per heavy atom. The summed E-state index contributed by atoms with van der Waals surface area (Å²) < 4.78 is 20.2. The average Bonchev–Trinajstić information content (AvgIpc) is 3.07. The summed E-state index contributed by atoms with van der Waals surface area (Å²) in [6, 6.07) is -1.99. The Morgan fingerprint density at radius 2 is 0.980 bits per heavy atom. The Hall–Kier alpha value is -3.90. The van der Waals surface area contributed by atoms with Crippen LogP contribution in [0.4, 0.5) is 0 Å². The number of carbonyl (C=O) groups excluding carboxylic acids is 8. The van der Waals surface area contributed by atoms with Crippen molar-refractivity contribution in [2.45, 2.75) is 94.2 Å². The van der Waals surface area contributed by atoms with E-state index in [-0.39, 0.29) is 81.2 Å². The van der Waals surface area contributed by atoms with Gasteiger partial charge in [-0.15, -0.1) is 23.5 Å². The highest BCUT2D eigenvalue weighted by molar-refractivity contribution is 8.18. The normalized spacial score (nSPS) is 11.6. The number of hydrogen-bond donors (Lipinski definition) is 0. The van der Waals surface area contributed by atoms with Crippen LogP contribution in [-0.4, -0.2) is 115 Å². The molecular weight excluding hydrogens is 684 g/mol. The number of carbonyl (C=O) groups is 4. The maximum absolute atomic E-state index is 12.1. The van der Waals surface area contributed by atoms with E-state index < -0.39 is 24.0 Å². The number of esters is 4. The molecule has 0 aromatic rings. The van der Waals surface area contributed by atoms with Crippen molar-refractivity contribution in [1.82, 2.24) is 0 Å². The second-order valence-corrected chi connectivity index (χ2v) is 14.2. The van der Waals surface area contributed by atoms with Gasteiger partial charge in [0, 0.05) is 24.3 Å². The van der Waals surface area contributed by atoms with Gasteiger partial charge in [-0.05, 0) is 39.5 Å². The van der Waals surface area contributed by atoms with Crippen LogP contribution in [0, 0.1) is 0 Å². The first-order chi connectivity index (χ1) is 23.6. The Balaban J connectivity index is 4.01. The predicted molar refractivity (Wildman–Crippen MR) is 179 cm³/mol. The van der Waals surface area contributed by atoms with Gasteiger partial charge in [0.15, 0.2) is 12.1 Å². The van der Waals surface area contributed by atoms with Gasteiger partial charge in [0.2, 0.25) is 24.3 Å². The van der Waals surface area contributed by atoms with Crippen LogP contribution in [-0.2, 0) is 57.3 Å². The van der Waals surface area contributed by atoms with E-state index in [0.717, 1.165) is 0 Å². The first-order valence-corrected chi connectivity index (χ1v) is 17.7. The highest BCUT2D eigenvalue weighted by atomic mass is 32.2. The van der Waals surface area contributed by atoms with Crippen molar-refractivity contribution in [2.24, 2.45) is 20.0 Å². The summed E-state index contributed by atoms with van der Waals surface area (Å²) in [5.41, 5.74) is 0. The number of hydrogen-bond acceptors (Lipinski definition) is 18. The van der Waals surface area contributed by atoms with Crippen LogP contribution in [0.3, 0.4) is 0 Å². The van der Waals surface area contributed by atoms with E-state index in [1.54, 1.807) is 23.5 Å². The fourth-order valence-electron chi connectivity index (χ4n) is 3.90. The maximum atomic E-state index is 12.1. The summed E-state index contributed by atoms with van der Waals surface area (Å²) in [4.78, 5) is 103. The SMILES string of the molecule is CC(C)(SCCOC(=O)CCCCCC(N=C=O)C(=O)OCCN=C=O)SCCOC(=O)CCCCCC(N=C=O)C(=O)OCCN=C=O. The summed E-state index contributed by atoms with van der Waals surface area (Å²) >= 11 is 3.23. The molecule has 49 heavy (non-hydrogen) atoms. The number of isocyanates is 4. The highest BCUT2D eigenvalue weighted by Gasteiger charge is 2.21. The third-order valence-electron chi connectivity index (χ3n) is 6.29. The summed E-state index contributed by atoms with van der Waals surface area (Å²) in [7, 11) is 0. The van der Waals surface area contributed by atoms with Crippen molar-refractivity contribution >= 4 is 71.7 Å². The molecule has 0 aliphatic heterocycles. The van der Waals surface area contributed by atoms with E-state index in [0.29, 0.717) is 50.0 Å². The molecule has 0 saturated carbocycles. The molecule has 16 nitrogen and oxygen atoms in total. The molecule has 272 valence electrons. The molecule has 0 aliphatic rings. The first-order valence-electron chi connectivity index (χ1n) is 15.7. The van der Waals surface area contributed by atoms with Crippen molar-refractivity contribution in [3.05, 3.63) is 0 Å². The third-order valence-corrected chi connectivity index (χ3v) is 9.13. The second-order valence-electron chi connectivity index (χ2n) is 10.5. The zero-order valence-corrected chi connectivity index (χ0v) is 29.5. The molecule has 0 fully saturated rings. The fourth-order valence-corrected chi connectivity index (χ4v) is 6.05. The van der Waals surface area contributed by atoms with E-state index in [4.69, 9.17) is 18.9 Å². The number of thioether (sulfide) groups is 2. The van der Waals surface area contributed by atoms with Crippen LogP contribution in [0.2, 0.25) is 0 Å². The molecule has 0 radical (unpaired) electrons. The van der Waals surface area contributed by atoms with Gasteiger partial charge in [0.1, 0.15) is 26.4 Å². The monoisotopic (exact) mass is 728 g/mol. The van der Waals surface area contributed by atoms with Crippen molar-refractivity contribution in [2.75, 3.05) is 51.0 Å². The number of nitrogens with zero attached hydrogens (tertiary/aromatic N) is 4. The van der Waals surface area contributed by atoms with E-state index in [1.807, 2.05) is 13.8 Å². The molecular formula is C31H44N4O12S2. The van der Waals surface area contributed by atoms with Crippen molar-refractivity contribution in [3.63, 3.8) is 0 Å². The van der Waals surface area contributed by atoms with Gasteiger partial charge in [0.25, 0.3) is 0 Å². The summed E-state index contributed by atoms with van der Waals surface area (Å²) in [5, 5.41) is 0. The molecule has 0 amide bonds. The molecule has 0 saturated heterocycles. The van der Waals surface area contributed by atoms with E-state index >= 15 is 0 Å². The smallest absolute Gasteiger partial charge is 0.331 e. The molecule has 0 heterocycles. The Kier molecular flexibility index (Phi) is 27.8. The molecule has 0 aromatic carbocycles. The quantitative estimate of drug-likeness (QED) is 0.0258. The number of aliphatic imine (C=N–C) groups is 4. The lowest BCUT2D eigenvalue weighted by Gasteiger charge is -2.23. The molecule has 0 aliphatic carbocycles. The number of unbranched alkanes of at least 4 members (excludes halogenated alkanes) is 4. The zero-order valence-electron chi connectivity index (χ0n) is 27.9.